The molecule has 0 aromatic carbocycles. The molecule has 0 radical (unpaired) electrons. The number of pyridine rings is 1. The Bertz CT molecular complexity index is 299. The lowest BCUT2D eigenvalue weighted by Crippen LogP contribution is -2.12. The van der Waals surface area contributed by atoms with Crippen molar-refractivity contribution in [1.82, 2.24) is 4.98 Å². The summed E-state index contributed by atoms with van der Waals surface area (Å²) < 4.78 is 0. The van der Waals surface area contributed by atoms with Crippen molar-refractivity contribution in [3.63, 3.8) is 0 Å². The van der Waals surface area contributed by atoms with E-state index in [1.807, 2.05) is 0 Å². The summed E-state index contributed by atoms with van der Waals surface area (Å²) >= 11 is 0. The number of nitrogens with two attached hydrogens (primary N) is 1. The first-order chi connectivity index (χ1) is 6.77. The number of hydrogen-bond donors (Lipinski definition) is 1. The molecular weight excluding hydrogens is 176 g/mol. The molecule has 1 atom stereocenters. The maximum absolute atomic E-state index is 10.5. The SMILES string of the molecule is CCCC[C@@H](N)c1cc(C=O)ccn1. The second-order valence-corrected chi connectivity index (χ2v) is 3.38. The number of aromatic nitrogens is 1. The zero-order valence-electron chi connectivity index (χ0n) is 8.44. The van der Waals surface area contributed by atoms with Crippen LogP contribution in [0.25, 0.3) is 0 Å². The zero-order chi connectivity index (χ0) is 10.4. The van der Waals surface area contributed by atoms with Gasteiger partial charge in [0.05, 0.1) is 5.69 Å². The van der Waals surface area contributed by atoms with Crippen molar-refractivity contribution >= 4 is 6.29 Å². The maximum Gasteiger partial charge on any atom is 0.150 e. The van der Waals surface area contributed by atoms with Crippen molar-refractivity contribution in [1.29, 1.82) is 0 Å². The fourth-order valence-corrected chi connectivity index (χ4v) is 1.31. The normalized spacial score (nSPS) is 12.4. The highest BCUT2D eigenvalue weighted by atomic mass is 16.1. The first-order valence-electron chi connectivity index (χ1n) is 4.94. The summed E-state index contributed by atoms with van der Waals surface area (Å²) in [5.41, 5.74) is 7.38. The summed E-state index contributed by atoms with van der Waals surface area (Å²) in [5.74, 6) is 0. The third-order valence-electron chi connectivity index (χ3n) is 2.19. The van der Waals surface area contributed by atoms with E-state index in [0.717, 1.165) is 31.2 Å². The summed E-state index contributed by atoms with van der Waals surface area (Å²) in [6.45, 7) is 2.13. The Hall–Kier alpha value is -1.22. The number of carbonyl (C=O) groups excluding carboxylic acids is 1. The molecule has 0 aliphatic rings. The fourth-order valence-electron chi connectivity index (χ4n) is 1.31. The Labute approximate surface area is 84.3 Å². The van der Waals surface area contributed by atoms with Gasteiger partial charge >= 0.3 is 0 Å². The summed E-state index contributed by atoms with van der Waals surface area (Å²) in [7, 11) is 0. The van der Waals surface area contributed by atoms with Crippen molar-refractivity contribution < 1.29 is 4.79 Å². The third-order valence-corrected chi connectivity index (χ3v) is 2.19. The minimum atomic E-state index is -0.0464. The van der Waals surface area contributed by atoms with Gasteiger partial charge < -0.3 is 5.73 Å². The van der Waals surface area contributed by atoms with Gasteiger partial charge in [-0.2, -0.15) is 0 Å². The van der Waals surface area contributed by atoms with E-state index in [1.54, 1.807) is 18.3 Å². The molecule has 1 rings (SSSR count). The van der Waals surface area contributed by atoms with Gasteiger partial charge in [-0.1, -0.05) is 19.8 Å². The van der Waals surface area contributed by atoms with Crippen LogP contribution in [0.4, 0.5) is 0 Å². The molecule has 2 N–H and O–H groups in total. The monoisotopic (exact) mass is 192 g/mol. The van der Waals surface area contributed by atoms with E-state index >= 15 is 0 Å². The van der Waals surface area contributed by atoms with Crippen LogP contribution in [0.3, 0.4) is 0 Å². The lowest BCUT2D eigenvalue weighted by Gasteiger charge is -2.10. The number of rotatable bonds is 5. The average Bonchev–Trinajstić information content (AvgIpc) is 2.26. The predicted octanol–water partition coefficient (Wildman–Crippen LogP) is 2.08. The number of aldehydes is 1. The summed E-state index contributed by atoms with van der Waals surface area (Å²) in [5, 5.41) is 0. The molecule has 0 bridgehead atoms. The quantitative estimate of drug-likeness (QED) is 0.727. The van der Waals surface area contributed by atoms with Gasteiger partial charge in [-0.05, 0) is 18.6 Å². The predicted molar refractivity (Wildman–Crippen MR) is 56.1 cm³/mol. The van der Waals surface area contributed by atoms with E-state index in [1.165, 1.54) is 0 Å². The van der Waals surface area contributed by atoms with E-state index in [9.17, 15) is 4.79 Å². The molecule has 0 spiro atoms. The highest BCUT2D eigenvalue weighted by Gasteiger charge is 2.06. The topological polar surface area (TPSA) is 56.0 Å². The van der Waals surface area contributed by atoms with Crippen molar-refractivity contribution in [3.8, 4) is 0 Å². The molecule has 0 saturated carbocycles. The van der Waals surface area contributed by atoms with Crippen LogP contribution < -0.4 is 5.73 Å². The Morgan fingerprint density at radius 3 is 3.07 bits per heavy atom. The van der Waals surface area contributed by atoms with Gasteiger partial charge in [0.2, 0.25) is 0 Å². The van der Waals surface area contributed by atoms with Crippen LogP contribution in [-0.4, -0.2) is 11.3 Å². The second kappa shape index (κ2) is 5.50. The zero-order valence-corrected chi connectivity index (χ0v) is 8.44. The van der Waals surface area contributed by atoms with E-state index < -0.39 is 0 Å². The van der Waals surface area contributed by atoms with Gasteiger partial charge in [0.25, 0.3) is 0 Å². The Balaban J connectivity index is 2.68. The van der Waals surface area contributed by atoms with E-state index in [2.05, 4.69) is 11.9 Å². The van der Waals surface area contributed by atoms with Crippen LogP contribution in [-0.2, 0) is 0 Å². The molecule has 14 heavy (non-hydrogen) atoms. The van der Waals surface area contributed by atoms with E-state index in [0.29, 0.717) is 5.56 Å². The van der Waals surface area contributed by atoms with Crippen molar-refractivity contribution in [2.75, 3.05) is 0 Å². The standard InChI is InChI=1S/C11H16N2O/c1-2-3-4-10(12)11-7-9(8-14)5-6-13-11/h5-8,10H,2-4,12H2,1H3/t10-/m1/s1. The lowest BCUT2D eigenvalue weighted by molar-refractivity contribution is 0.112. The highest BCUT2D eigenvalue weighted by Crippen LogP contribution is 2.14. The van der Waals surface area contributed by atoms with E-state index in [-0.39, 0.29) is 6.04 Å². The van der Waals surface area contributed by atoms with Crippen LogP contribution in [0.2, 0.25) is 0 Å². The second-order valence-electron chi connectivity index (χ2n) is 3.38. The van der Waals surface area contributed by atoms with Crippen molar-refractivity contribution in [2.24, 2.45) is 5.73 Å². The van der Waals surface area contributed by atoms with E-state index in [4.69, 9.17) is 5.73 Å². The van der Waals surface area contributed by atoms with Crippen LogP contribution >= 0.6 is 0 Å². The minimum absolute atomic E-state index is 0.0464. The number of nitrogens with zero attached hydrogens (tertiary/aromatic N) is 1. The molecule has 76 valence electrons. The summed E-state index contributed by atoms with van der Waals surface area (Å²) in [6, 6.07) is 3.39. The fraction of sp³-hybridized carbons (Fsp3) is 0.455. The molecule has 1 aromatic heterocycles. The van der Waals surface area contributed by atoms with Crippen molar-refractivity contribution in [3.05, 3.63) is 29.6 Å². The number of unbranched alkanes of at least 4 members (excludes halogenated alkanes) is 1. The maximum atomic E-state index is 10.5. The van der Waals surface area contributed by atoms with Crippen LogP contribution in [0.1, 0.15) is 48.3 Å². The highest BCUT2D eigenvalue weighted by molar-refractivity contribution is 5.74. The molecule has 0 aliphatic carbocycles. The van der Waals surface area contributed by atoms with Gasteiger partial charge in [-0.3, -0.25) is 9.78 Å². The molecule has 0 saturated heterocycles. The molecule has 0 amide bonds. The first-order valence-corrected chi connectivity index (χ1v) is 4.94. The van der Waals surface area contributed by atoms with Crippen LogP contribution in [0, 0.1) is 0 Å². The molecule has 3 heteroatoms. The largest absolute Gasteiger partial charge is 0.323 e. The summed E-state index contributed by atoms with van der Waals surface area (Å²) in [4.78, 5) is 14.7. The molecule has 0 aliphatic heterocycles. The van der Waals surface area contributed by atoms with Gasteiger partial charge in [0.15, 0.2) is 0 Å². The van der Waals surface area contributed by atoms with Gasteiger partial charge in [0.1, 0.15) is 6.29 Å². The molecule has 0 unspecified atom stereocenters. The van der Waals surface area contributed by atoms with Crippen molar-refractivity contribution in [2.45, 2.75) is 32.2 Å². The molecule has 1 aromatic rings. The molecule has 0 fully saturated rings. The van der Waals surface area contributed by atoms with Gasteiger partial charge in [0, 0.05) is 17.8 Å². The molecule has 3 nitrogen and oxygen atoms in total. The smallest absolute Gasteiger partial charge is 0.150 e. The molecular formula is C11H16N2O. The lowest BCUT2D eigenvalue weighted by atomic mass is 10.1. The minimum Gasteiger partial charge on any atom is -0.323 e. The first kappa shape index (κ1) is 10.9. The Morgan fingerprint density at radius 1 is 1.64 bits per heavy atom. The summed E-state index contributed by atoms with van der Waals surface area (Å²) in [6.07, 6.45) is 5.59. The van der Waals surface area contributed by atoms with Crippen LogP contribution in [0.5, 0.6) is 0 Å². The Morgan fingerprint density at radius 2 is 2.43 bits per heavy atom. The van der Waals surface area contributed by atoms with Crippen LogP contribution in [0.15, 0.2) is 18.3 Å². The van der Waals surface area contributed by atoms with Gasteiger partial charge in [-0.15, -0.1) is 0 Å². The molecule has 1 heterocycles. The number of carbonyl (C=O) groups is 1. The Kier molecular flexibility index (Phi) is 4.26. The average molecular weight is 192 g/mol. The van der Waals surface area contributed by atoms with Gasteiger partial charge in [-0.25, -0.2) is 0 Å². The third kappa shape index (κ3) is 2.92. The number of hydrogen-bond acceptors (Lipinski definition) is 3.